The molecule has 1 heterocycles. The monoisotopic (exact) mass is 518 g/mol. The molecular formula is C26H48F2N4O4. The molecule has 0 bridgehead atoms. The molecule has 210 valence electrons. The number of rotatable bonds is 9. The lowest BCUT2D eigenvalue weighted by molar-refractivity contribution is -0.168. The maximum absolute atomic E-state index is 13.9. The smallest absolute Gasteiger partial charge is 0.338 e. The van der Waals surface area contributed by atoms with E-state index in [1.54, 1.807) is 26.0 Å². The second-order valence-electron chi connectivity index (χ2n) is 7.22. The summed E-state index contributed by atoms with van der Waals surface area (Å²) in [7, 11) is 1.33. The molecule has 1 aromatic heterocycles. The molecule has 5 N–H and O–H groups in total. The average Bonchev–Trinajstić information content (AvgIpc) is 3.30. The van der Waals surface area contributed by atoms with Gasteiger partial charge in [0, 0.05) is 18.9 Å². The first kappa shape index (κ1) is 40.2. The first-order valence-electron chi connectivity index (χ1n) is 12.1. The number of carbonyl (C=O) groups excluding carboxylic acids is 3. The number of likely N-dealkylation sites (N-methyl/N-ethyl adjacent to an activating group) is 1. The largest absolute Gasteiger partial charge is 0.361 e. The third-order valence-corrected chi connectivity index (χ3v) is 3.96. The molecule has 36 heavy (non-hydrogen) atoms. The van der Waals surface area contributed by atoms with E-state index in [0.29, 0.717) is 0 Å². The van der Waals surface area contributed by atoms with E-state index in [4.69, 9.17) is 5.21 Å². The van der Waals surface area contributed by atoms with Crippen LogP contribution in [-0.4, -0.2) is 47.4 Å². The third kappa shape index (κ3) is 19.3. The number of aromatic amines is 1. The highest BCUT2D eigenvalue weighted by molar-refractivity contribution is 5.92. The quantitative estimate of drug-likeness (QED) is 0.174. The van der Waals surface area contributed by atoms with Crippen molar-refractivity contribution in [1.82, 2.24) is 21.1 Å². The molecule has 0 saturated heterocycles. The normalized spacial score (nSPS) is 10.1. The minimum absolute atomic E-state index is 0.0484. The molecule has 3 amide bonds. The Balaban J connectivity index is -0.000000278. The van der Waals surface area contributed by atoms with Gasteiger partial charge < -0.3 is 15.6 Å². The SMILES string of the molecule is C=CC.C=Cc1cc(C)c[nH]1.CC.CC.CNC(=O)CNC(=O)[C@H](CCC(C)C)C(F)(F)C(=O)NO. The molecule has 0 aliphatic heterocycles. The molecule has 0 unspecified atom stereocenters. The number of hydrogen-bond donors (Lipinski definition) is 5. The fourth-order valence-electron chi connectivity index (χ4n) is 2.23. The van der Waals surface area contributed by atoms with Crippen molar-refractivity contribution in [3.63, 3.8) is 0 Å². The Morgan fingerprint density at radius 3 is 1.94 bits per heavy atom. The lowest BCUT2D eigenvalue weighted by Crippen LogP contribution is -2.51. The molecule has 0 aliphatic rings. The van der Waals surface area contributed by atoms with Gasteiger partial charge in [-0.05, 0) is 50.3 Å². The van der Waals surface area contributed by atoms with Gasteiger partial charge in [-0.25, -0.2) is 5.48 Å². The molecule has 8 nitrogen and oxygen atoms in total. The van der Waals surface area contributed by atoms with Gasteiger partial charge in [-0.1, -0.05) is 54.2 Å². The van der Waals surface area contributed by atoms with Crippen LogP contribution in [0.2, 0.25) is 0 Å². The van der Waals surface area contributed by atoms with Gasteiger partial charge in [-0.2, -0.15) is 8.78 Å². The van der Waals surface area contributed by atoms with E-state index in [-0.39, 0.29) is 18.8 Å². The van der Waals surface area contributed by atoms with Gasteiger partial charge in [0.05, 0.1) is 6.54 Å². The van der Waals surface area contributed by atoms with E-state index in [0.717, 1.165) is 11.2 Å². The topological polar surface area (TPSA) is 123 Å². The number of halogens is 2. The van der Waals surface area contributed by atoms with Crippen LogP contribution >= 0.6 is 0 Å². The van der Waals surface area contributed by atoms with E-state index in [1.807, 2.05) is 59.1 Å². The van der Waals surface area contributed by atoms with E-state index in [1.165, 1.54) is 12.6 Å². The predicted octanol–water partition coefficient (Wildman–Crippen LogP) is 5.25. The van der Waals surface area contributed by atoms with Crippen molar-refractivity contribution in [2.24, 2.45) is 11.8 Å². The Kier molecular flexibility index (Phi) is 28.0. The van der Waals surface area contributed by atoms with Crippen LogP contribution in [0.3, 0.4) is 0 Å². The Morgan fingerprint density at radius 1 is 1.14 bits per heavy atom. The minimum Gasteiger partial charge on any atom is -0.361 e. The van der Waals surface area contributed by atoms with Crippen molar-refractivity contribution >= 4 is 23.8 Å². The van der Waals surface area contributed by atoms with Crippen LogP contribution in [0, 0.1) is 18.8 Å². The second-order valence-corrected chi connectivity index (χ2v) is 7.22. The van der Waals surface area contributed by atoms with Gasteiger partial charge in [0.25, 0.3) is 0 Å². The highest BCUT2D eigenvalue weighted by atomic mass is 19.3. The van der Waals surface area contributed by atoms with Crippen molar-refractivity contribution < 1.29 is 28.4 Å². The summed E-state index contributed by atoms with van der Waals surface area (Å²) >= 11 is 0. The highest BCUT2D eigenvalue weighted by Crippen LogP contribution is 2.30. The lowest BCUT2D eigenvalue weighted by atomic mass is 9.91. The van der Waals surface area contributed by atoms with Gasteiger partial charge in [0.2, 0.25) is 11.8 Å². The number of carbonyl (C=O) groups is 3. The van der Waals surface area contributed by atoms with Gasteiger partial charge in [-0.3, -0.25) is 19.6 Å². The summed E-state index contributed by atoms with van der Waals surface area (Å²) in [5.41, 5.74) is 3.19. The average molecular weight is 519 g/mol. The van der Waals surface area contributed by atoms with E-state index in [2.05, 4.69) is 23.5 Å². The van der Waals surface area contributed by atoms with E-state index >= 15 is 0 Å². The molecule has 1 aromatic rings. The number of hydroxylamine groups is 1. The lowest BCUT2D eigenvalue weighted by Gasteiger charge is -2.24. The number of allylic oxidation sites excluding steroid dienone is 1. The van der Waals surface area contributed by atoms with Gasteiger partial charge in [-0.15, -0.1) is 6.58 Å². The van der Waals surface area contributed by atoms with Crippen molar-refractivity contribution in [2.45, 2.75) is 74.2 Å². The molecule has 0 aliphatic carbocycles. The fraction of sp³-hybridized carbons (Fsp3) is 0.577. The number of hydrogen-bond acceptors (Lipinski definition) is 4. The molecule has 1 atom stereocenters. The summed E-state index contributed by atoms with van der Waals surface area (Å²) in [4.78, 5) is 36.9. The molecule has 0 radical (unpaired) electrons. The van der Waals surface area contributed by atoms with Crippen LogP contribution in [0.5, 0.6) is 0 Å². The molecule has 0 spiro atoms. The maximum Gasteiger partial charge on any atom is 0.338 e. The molecular weight excluding hydrogens is 470 g/mol. The predicted molar refractivity (Wildman–Crippen MR) is 144 cm³/mol. The molecule has 0 saturated carbocycles. The first-order chi connectivity index (χ1) is 16.9. The Labute approximate surface area is 216 Å². The zero-order chi connectivity index (χ0) is 29.3. The van der Waals surface area contributed by atoms with Crippen LogP contribution in [0.4, 0.5) is 8.78 Å². The number of aryl methyl sites for hydroxylation is 1. The number of alkyl halides is 2. The van der Waals surface area contributed by atoms with E-state index in [9.17, 15) is 23.2 Å². The number of H-pyrrole nitrogens is 1. The van der Waals surface area contributed by atoms with Crippen LogP contribution in [0.1, 0.15) is 72.6 Å². The number of aromatic nitrogens is 1. The summed E-state index contributed by atoms with van der Waals surface area (Å²) in [6, 6.07) is 2.05. The summed E-state index contributed by atoms with van der Waals surface area (Å²) in [6.07, 6.45) is 5.54. The van der Waals surface area contributed by atoms with Crippen molar-refractivity contribution in [1.29, 1.82) is 0 Å². The van der Waals surface area contributed by atoms with Crippen LogP contribution < -0.4 is 16.1 Å². The fourth-order valence-corrected chi connectivity index (χ4v) is 2.23. The van der Waals surface area contributed by atoms with Gasteiger partial charge >= 0.3 is 11.8 Å². The summed E-state index contributed by atoms with van der Waals surface area (Å²) in [5.74, 6) is -9.61. The first-order valence-corrected chi connectivity index (χ1v) is 12.1. The Bertz CT molecular complexity index is 735. The summed E-state index contributed by atoms with van der Waals surface area (Å²) < 4.78 is 27.7. The van der Waals surface area contributed by atoms with Crippen molar-refractivity contribution in [2.75, 3.05) is 13.6 Å². The molecule has 10 heteroatoms. The second kappa shape index (κ2) is 25.1. The Hall–Kier alpha value is -3.01. The molecule has 1 rings (SSSR count). The van der Waals surface area contributed by atoms with Gasteiger partial charge in [0.1, 0.15) is 5.92 Å². The van der Waals surface area contributed by atoms with Gasteiger partial charge in [0.15, 0.2) is 0 Å². The van der Waals surface area contributed by atoms with Crippen LogP contribution in [0.15, 0.2) is 31.5 Å². The number of amides is 3. The zero-order valence-corrected chi connectivity index (χ0v) is 23.4. The van der Waals surface area contributed by atoms with Crippen molar-refractivity contribution in [3.8, 4) is 0 Å². The maximum atomic E-state index is 13.9. The standard InChI is InChI=1S/C12H21F2N3O4.C7H9N.C3H6.2C2H6/c1-7(2)4-5-8(12(13,14)11(20)17-21)10(19)16-6-9(18)15-3;1-3-7-4-6(2)5-8-7;1-3-2;2*1-2/h7-8,21H,4-6H2,1-3H3,(H,15,18)(H,16,19)(H,17,20);3-5,8H,1H2,2H3;3H,1H2,2H3;2*1-2H3/t8-;;;;/m0..../s1. The summed E-state index contributed by atoms with van der Waals surface area (Å²) in [6.45, 7) is 22.0. The number of nitrogens with one attached hydrogen (secondary N) is 4. The van der Waals surface area contributed by atoms with Crippen molar-refractivity contribution in [3.05, 3.63) is 42.8 Å². The highest BCUT2D eigenvalue weighted by Gasteiger charge is 2.50. The Morgan fingerprint density at radius 2 is 1.64 bits per heavy atom. The van der Waals surface area contributed by atoms with E-state index < -0.39 is 36.1 Å². The third-order valence-electron chi connectivity index (χ3n) is 3.96. The zero-order valence-electron chi connectivity index (χ0n) is 23.4. The molecule has 0 aromatic carbocycles. The summed E-state index contributed by atoms with van der Waals surface area (Å²) in [5, 5.41) is 12.6. The molecule has 0 fully saturated rings. The van der Waals surface area contributed by atoms with Crippen LogP contribution in [0.25, 0.3) is 6.08 Å². The minimum atomic E-state index is -4.07. The van der Waals surface area contributed by atoms with Crippen LogP contribution in [-0.2, 0) is 14.4 Å².